The summed E-state index contributed by atoms with van der Waals surface area (Å²) >= 11 is 1.68. The van der Waals surface area contributed by atoms with Crippen LogP contribution < -0.4 is 10.2 Å². The van der Waals surface area contributed by atoms with Crippen LogP contribution in [0.5, 0.6) is 0 Å². The van der Waals surface area contributed by atoms with Crippen LogP contribution in [0, 0.1) is 13.8 Å². The Kier molecular flexibility index (Phi) is 6.07. The summed E-state index contributed by atoms with van der Waals surface area (Å²) in [6, 6.07) is 18.8. The van der Waals surface area contributed by atoms with Crippen LogP contribution in [-0.2, 0) is 0 Å². The number of aromatic nitrogens is 3. The molecular weight excluding hydrogens is 428 g/mol. The SMILES string of the molecule is Cc1nc(Nc2ccc(-c3csc(-c4ccccc4C)n3)cc2)cc(N2CCN(C)CC2)n1. The smallest absolute Gasteiger partial charge is 0.136 e. The summed E-state index contributed by atoms with van der Waals surface area (Å²) < 4.78 is 0. The highest BCUT2D eigenvalue weighted by molar-refractivity contribution is 7.13. The molecule has 0 spiro atoms. The lowest BCUT2D eigenvalue weighted by molar-refractivity contribution is 0.312. The Hall–Kier alpha value is -3.29. The molecule has 5 rings (SSSR count). The van der Waals surface area contributed by atoms with Crippen molar-refractivity contribution in [3.8, 4) is 21.8 Å². The minimum atomic E-state index is 0.775. The molecule has 0 atom stereocenters. The van der Waals surface area contributed by atoms with E-state index < -0.39 is 0 Å². The quantitative estimate of drug-likeness (QED) is 0.435. The summed E-state index contributed by atoms with van der Waals surface area (Å²) in [5.41, 5.74) is 5.54. The van der Waals surface area contributed by atoms with E-state index in [1.165, 1.54) is 11.1 Å². The molecule has 6 nitrogen and oxygen atoms in total. The summed E-state index contributed by atoms with van der Waals surface area (Å²) in [7, 11) is 2.16. The van der Waals surface area contributed by atoms with Gasteiger partial charge in [-0.25, -0.2) is 15.0 Å². The molecule has 0 aliphatic carbocycles. The third-order valence-electron chi connectivity index (χ3n) is 5.98. The number of likely N-dealkylation sites (N-methyl/N-ethyl adjacent to an activating group) is 1. The minimum absolute atomic E-state index is 0.775. The standard InChI is InChI=1S/C26H28N6S/c1-18-6-4-5-7-22(18)26-30-23(17-33-26)20-8-10-21(11-9-20)29-24-16-25(28-19(2)27-24)32-14-12-31(3)13-15-32/h4-11,16-17H,12-15H2,1-3H3,(H,27,28,29). The highest BCUT2D eigenvalue weighted by atomic mass is 32.1. The second-order valence-electron chi connectivity index (χ2n) is 8.50. The van der Waals surface area contributed by atoms with Crippen molar-refractivity contribution in [2.75, 3.05) is 43.4 Å². The molecule has 1 aliphatic rings. The fourth-order valence-electron chi connectivity index (χ4n) is 4.03. The van der Waals surface area contributed by atoms with E-state index in [9.17, 15) is 0 Å². The number of thiazole rings is 1. The van der Waals surface area contributed by atoms with Crippen molar-refractivity contribution >= 4 is 28.7 Å². The lowest BCUT2D eigenvalue weighted by Gasteiger charge is -2.33. The van der Waals surface area contributed by atoms with Gasteiger partial charge in [-0.05, 0) is 38.6 Å². The molecule has 1 N–H and O–H groups in total. The van der Waals surface area contributed by atoms with E-state index in [1.807, 2.05) is 13.0 Å². The van der Waals surface area contributed by atoms with Crippen LogP contribution in [0.15, 0.2) is 60.0 Å². The first-order chi connectivity index (χ1) is 16.0. The summed E-state index contributed by atoms with van der Waals surface area (Å²) in [5, 5.41) is 6.62. The van der Waals surface area contributed by atoms with E-state index in [4.69, 9.17) is 4.98 Å². The topological polar surface area (TPSA) is 57.2 Å². The van der Waals surface area contributed by atoms with Crippen molar-refractivity contribution in [3.63, 3.8) is 0 Å². The number of piperazine rings is 1. The molecule has 0 saturated carbocycles. The maximum Gasteiger partial charge on any atom is 0.136 e. The maximum atomic E-state index is 4.87. The van der Waals surface area contributed by atoms with Gasteiger partial charge >= 0.3 is 0 Å². The lowest BCUT2D eigenvalue weighted by atomic mass is 10.1. The zero-order chi connectivity index (χ0) is 22.8. The number of aryl methyl sites for hydroxylation is 2. The number of hydrogen-bond acceptors (Lipinski definition) is 7. The van der Waals surface area contributed by atoms with Gasteiger partial charge in [0.1, 0.15) is 22.5 Å². The van der Waals surface area contributed by atoms with Gasteiger partial charge in [-0.2, -0.15) is 0 Å². The molecule has 0 radical (unpaired) electrons. The molecule has 3 heterocycles. The monoisotopic (exact) mass is 456 g/mol. The van der Waals surface area contributed by atoms with Crippen LogP contribution in [0.3, 0.4) is 0 Å². The zero-order valence-corrected chi connectivity index (χ0v) is 20.1. The first-order valence-electron chi connectivity index (χ1n) is 11.2. The van der Waals surface area contributed by atoms with Crippen LogP contribution in [-0.4, -0.2) is 53.1 Å². The van der Waals surface area contributed by atoms with Gasteiger partial charge in [0, 0.05) is 54.4 Å². The highest BCUT2D eigenvalue weighted by Crippen LogP contribution is 2.31. The van der Waals surface area contributed by atoms with Gasteiger partial charge in [-0.1, -0.05) is 36.4 Å². The average molecular weight is 457 g/mol. The molecule has 1 saturated heterocycles. The van der Waals surface area contributed by atoms with E-state index in [-0.39, 0.29) is 0 Å². The predicted octanol–water partition coefficient (Wildman–Crippen LogP) is 5.38. The van der Waals surface area contributed by atoms with E-state index in [0.29, 0.717) is 0 Å². The number of nitrogens with zero attached hydrogens (tertiary/aromatic N) is 5. The Morgan fingerprint density at radius 3 is 2.39 bits per heavy atom. The fraction of sp³-hybridized carbons (Fsp3) is 0.269. The zero-order valence-electron chi connectivity index (χ0n) is 19.2. The fourth-order valence-corrected chi connectivity index (χ4v) is 4.95. The summed E-state index contributed by atoms with van der Waals surface area (Å²) in [6.07, 6.45) is 0. The van der Waals surface area contributed by atoms with Gasteiger partial charge in [-0.15, -0.1) is 11.3 Å². The van der Waals surface area contributed by atoms with Crippen LogP contribution >= 0.6 is 11.3 Å². The molecular formula is C26H28N6S. The molecule has 168 valence electrons. The normalized spacial score (nSPS) is 14.5. The van der Waals surface area contributed by atoms with Gasteiger partial charge in [0.25, 0.3) is 0 Å². The third-order valence-corrected chi connectivity index (χ3v) is 6.86. The maximum absolute atomic E-state index is 4.87. The van der Waals surface area contributed by atoms with Gasteiger partial charge in [0.15, 0.2) is 0 Å². The Balaban J connectivity index is 1.31. The number of anilines is 3. The Labute approximate surface area is 199 Å². The molecule has 4 aromatic rings. The van der Waals surface area contributed by atoms with Crippen LogP contribution in [0.2, 0.25) is 0 Å². The van der Waals surface area contributed by atoms with E-state index in [2.05, 4.69) is 93.0 Å². The summed E-state index contributed by atoms with van der Waals surface area (Å²) in [5.74, 6) is 2.58. The van der Waals surface area contributed by atoms with Gasteiger partial charge < -0.3 is 15.1 Å². The lowest BCUT2D eigenvalue weighted by Crippen LogP contribution is -2.44. The molecule has 0 unspecified atom stereocenters. The van der Waals surface area contributed by atoms with Crippen molar-refractivity contribution in [3.05, 3.63) is 71.4 Å². The van der Waals surface area contributed by atoms with Gasteiger partial charge in [0.05, 0.1) is 5.69 Å². The second kappa shape index (κ2) is 9.29. The predicted molar refractivity (Wildman–Crippen MR) is 137 cm³/mol. The van der Waals surface area contributed by atoms with Crippen LogP contribution in [0.4, 0.5) is 17.3 Å². The molecule has 1 fully saturated rings. The largest absolute Gasteiger partial charge is 0.354 e. The molecule has 0 bridgehead atoms. The third kappa shape index (κ3) is 4.89. The number of hydrogen-bond donors (Lipinski definition) is 1. The molecule has 1 aliphatic heterocycles. The summed E-state index contributed by atoms with van der Waals surface area (Å²) in [6.45, 7) is 8.15. The Morgan fingerprint density at radius 1 is 0.879 bits per heavy atom. The van der Waals surface area contributed by atoms with Crippen molar-refractivity contribution < 1.29 is 0 Å². The van der Waals surface area contributed by atoms with Crippen molar-refractivity contribution in [2.45, 2.75) is 13.8 Å². The van der Waals surface area contributed by atoms with Crippen molar-refractivity contribution in [1.82, 2.24) is 19.9 Å². The summed E-state index contributed by atoms with van der Waals surface area (Å²) in [4.78, 5) is 18.8. The highest BCUT2D eigenvalue weighted by Gasteiger charge is 2.16. The second-order valence-corrected chi connectivity index (χ2v) is 9.36. The van der Waals surface area contributed by atoms with Gasteiger partial charge in [0.2, 0.25) is 0 Å². The molecule has 0 amide bonds. The number of rotatable bonds is 5. The molecule has 7 heteroatoms. The van der Waals surface area contributed by atoms with Crippen LogP contribution in [0.1, 0.15) is 11.4 Å². The Morgan fingerprint density at radius 2 is 1.64 bits per heavy atom. The molecule has 33 heavy (non-hydrogen) atoms. The van der Waals surface area contributed by atoms with E-state index >= 15 is 0 Å². The van der Waals surface area contributed by atoms with Gasteiger partial charge in [-0.3, -0.25) is 0 Å². The van der Waals surface area contributed by atoms with Crippen molar-refractivity contribution in [2.24, 2.45) is 0 Å². The minimum Gasteiger partial charge on any atom is -0.354 e. The number of nitrogens with one attached hydrogen (secondary N) is 1. The van der Waals surface area contributed by atoms with E-state index in [0.717, 1.165) is 65.6 Å². The molecule has 2 aromatic carbocycles. The van der Waals surface area contributed by atoms with Crippen molar-refractivity contribution in [1.29, 1.82) is 0 Å². The van der Waals surface area contributed by atoms with Crippen LogP contribution in [0.25, 0.3) is 21.8 Å². The first-order valence-corrected chi connectivity index (χ1v) is 12.1. The average Bonchev–Trinajstić information content (AvgIpc) is 3.30. The Bertz CT molecular complexity index is 1240. The van der Waals surface area contributed by atoms with E-state index in [1.54, 1.807) is 11.3 Å². The first kappa shape index (κ1) is 21.6. The number of benzene rings is 2. The molecule has 2 aromatic heterocycles.